The number of furan rings is 1. The Balaban J connectivity index is 1.77. The molecule has 5 nitrogen and oxygen atoms in total. The molecule has 0 aliphatic carbocycles. The van der Waals surface area contributed by atoms with Crippen molar-refractivity contribution in [1.82, 2.24) is 0 Å². The lowest BCUT2D eigenvalue weighted by atomic mass is 10.0. The average Bonchev–Trinajstić information content (AvgIpc) is 2.95. The van der Waals surface area contributed by atoms with Gasteiger partial charge in [-0.3, -0.25) is 4.79 Å². The molecule has 0 saturated heterocycles. The lowest BCUT2D eigenvalue weighted by Gasteiger charge is -2.07. The molecular formula is C21H20O5. The standard InChI is InChI=1S/C21H20O5/c1-12-5-7-16(13(2)9-12)18(22)11-25-21(23)20-14(3)17-10-15(24-4)6-8-19(17)26-20/h5-10H,11H2,1-4H3. The van der Waals surface area contributed by atoms with Crippen LogP contribution in [0, 0.1) is 20.8 Å². The van der Waals surface area contributed by atoms with E-state index in [-0.39, 0.29) is 18.2 Å². The molecule has 0 radical (unpaired) electrons. The van der Waals surface area contributed by atoms with Crippen molar-refractivity contribution in [3.8, 4) is 5.75 Å². The van der Waals surface area contributed by atoms with E-state index in [2.05, 4.69) is 0 Å². The first-order valence-corrected chi connectivity index (χ1v) is 8.25. The maximum atomic E-state index is 12.4. The van der Waals surface area contributed by atoms with Gasteiger partial charge in [0.15, 0.2) is 6.61 Å². The zero-order chi connectivity index (χ0) is 18.8. The minimum absolute atomic E-state index is 0.0988. The summed E-state index contributed by atoms with van der Waals surface area (Å²) >= 11 is 0. The number of benzene rings is 2. The van der Waals surface area contributed by atoms with Crippen LogP contribution in [-0.2, 0) is 4.74 Å². The van der Waals surface area contributed by atoms with Crippen LogP contribution in [-0.4, -0.2) is 25.5 Å². The summed E-state index contributed by atoms with van der Waals surface area (Å²) in [5, 5.41) is 0.775. The van der Waals surface area contributed by atoms with Gasteiger partial charge in [0, 0.05) is 16.5 Å². The number of hydrogen-bond donors (Lipinski definition) is 0. The fourth-order valence-corrected chi connectivity index (χ4v) is 2.92. The Hall–Kier alpha value is -3.08. The third kappa shape index (κ3) is 3.33. The number of ketones is 1. The second kappa shape index (κ2) is 7.04. The number of Topliss-reactive ketones (excluding diaryl/α,β-unsaturated/α-hetero) is 1. The fourth-order valence-electron chi connectivity index (χ4n) is 2.92. The molecule has 0 fully saturated rings. The number of aryl methyl sites for hydroxylation is 3. The highest BCUT2D eigenvalue weighted by molar-refractivity contribution is 6.01. The van der Waals surface area contributed by atoms with Crippen LogP contribution in [0.2, 0.25) is 0 Å². The molecule has 0 bridgehead atoms. The summed E-state index contributed by atoms with van der Waals surface area (Å²) in [6.45, 7) is 5.26. The van der Waals surface area contributed by atoms with Crippen molar-refractivity contribution in [3.05, 3.63) is 64.4 Å². The molecule has 134 valence electrons. The smallest absolute Gasteiger partial charge is 0.375 e. The molecule has 3 aromatic rings. The predicted octanol–water partition coefficient (Wildman–Crippen LogP) is 4.41. The molecule has 0 spiro atoms. The number of carbonyl (C=O) groups excluding carboxylic acids is 2. The SMILES string of the molecule is COc1ccc2oc(C(=O)OCC(=O)c3ccc(C)cc3C)c(C)c2c1. The topological polar surface area (TPSA) is 65.7 Å². The summed E-state index contributed by atoms with van der Waals surface area (Å²) in [6, 6.07) is 10.8. The summed E-state index contributed by atoms with van der Waals surface area (Å²) < 4.78 is 16.0. The molecule has 5 heteroatoms. The lowest BCUT2D eigenvalue weighted by Crippen LogP contribution is -2.15. The van der Waals surface area contributed by atoms with Gasteiger partial charge in [0.1, 0.15) is 11.3 Å². The highest BCUT2D eigenvalue weighted by atomic mass is 16.5. The summed E-state index contributed by atoms with van der Waals surface area (Å²) in [4.78, 5) is 24.7. The third-order valence-corrected chi connectivity index (χ3v) is 4.35. The molecule has 0 aliphatic heterocycles. The fraction of sp³-hybridized carbons (Fsp3) is 0.238. The van der Waals surface area contributed by atoms with Gasteiger partial charge >= 0.3 is 5.97 Å². The van der Waals surface area contributed by atoms with Gasteiger partial charge in [0.2, 0.25) is 11.5 Å². The summed E-state index contributed by atoms with van der Waals surface area (Å²) in [5.74, 6) is -0.130. The Morgan fingerprint density at radius 2 is 1.81 bits per heavy atom. The van der Waals surface area contributed by atoms with Crippen LogP contribution >= 0.6 is 0 Å². The zero-order valence-corrected chi connectivity index (χ0v) is 15.2. The number of ether oxygens (including phenoxy) is 2. The van der Waals surface area contributed by atoms with Crippen molar-refractivity contribution in [3.63, 3.8) is 0 Å². The number of methoxy groups -OCH3 is 1. The van der Waals surface area contributed by atoms with Gasteiger partial charge in [-0.1, -0.05) is 23.8 Å². The molecule has 0 saturated carbocycles. The Labute approximate surface area is 151 Å². The lowest BCUT2D eigenvalue weighted by molar-refractivity contribution is 0.0445. The van der Waals surface area contributed by atoms with Crippen molar-refractivity contribution in [2.24, 2.45) is 0 Å². The Morgan fingerprint density at radius 1 is 1.04 bits per heavy atom. The first kappa shape index (κ1) is 17.7. The van der Waals surface area contributed by atoms with Crippen molar-refractivity contribution in [1.29, 1.82) is 0 Å². The summed E-state index contributed by atoms with van der Waals surface area (Å²) in [6.07, 6.45) is 0. The number of hydrogen-bond acceptors (Lipinski definition) is 5. The van der Waals surface area contributed by atoms with Gasteiger partial charge in [-0.15, -0.1) is 0 Å². The number of rotatable bonds is 5. The van der Waals surface area contributed by atoms with E-state index in [0.717, 1.165) is 16.5 Å². The molecule has 0 aliphatic rings. The van der Waals surface area contributed by atoms with E-state index in [1.807, 2.05) is 26.0 Å². The van der Waals surface area contributed by atoms with E-state index in [1.165, 1.54) is 0 Å². The largest absolute Gasteiger partial charge is 0.497 e. The van der Waals surface area contributed by atoms with Crippen LogP contribution in [0.15, 0.2) is 40.8 Å². The van der Waals surface area contributed by atoms with Crippen LogP contribution in [0.4, 0.5) is 0 Å². The number of fused-ring (bicyclic) bond motifs is 1. The molecule has 0 atom stereocenters. The molecule has 0 N–H and O–H groups in total. The minimum Gasteiger partial charge on any atom is -0.497 e. The van der Waals surface area contributed by atoms with Crippen molar-refractivity contribution >= 4 is 22.7 Å². The predicted molar refractivity (Wildman–Crippen MR) is 98.0 cm³/mol. The third-order valence-electron chi connectivity index (χ3n) is 4.35. The Bertz CT molecular complexity index is 997. The maximum Gasteiger partial charge on any atom is 0.375 e. The summed E-state index contributed by atoms with van der Waals surface area (Å²) in [7, 11) is 1.57. The molecule has 3 rings (SSSR count). The Morgan fingerprint density at radius 3 is 2.50 bits per heavy atom. The molecule has 1 heterocycles. The molecule has 0 unspecified atom stereocenters. The quantitative estimate of drug-likeness (QED) is 0.503. The van der Waals surface area contributed by atoms with Crippen LogP contribution in [0.5, 0.6) is 5.75 Å². The van der Waals surface area contributed by atoms with Crippen molar-refractivity contribution in [2.45, 2.75) is 20.8 Å². The van der Waals surface area contributed by atoms with Gasteiger partial charge in [-0.2, -0.15) is 0 Å². The van der Waals surface area contributed by atoms with Crippen LogP contribution in [0.1, 0.15) is 37.6 Å². The van der Waals surface area contributed by atoms with Gasteiger partial charge in [0.05, 0.1) is 7.11 Å². The van der Waals surface area contributed by atoms with Crippen LogP contribution in [0.25, 0.3) is 11.0 Å². The van der Waals surface area contributed by atoms with Gasteiger partial charge in [-0.05, 0) is 44.5 Å². The van der Waals surface area contributed by atoms with E-state index in [1.54, 1.807) is 38.3 Å². The van der Waals surface area contributed by atoms with Gasteiger partial charge in [0.25, 0.3) is 0 Å². The first-order chi connectivity index (χ1) is 12.4. The van der Waals surface area contributed by atoms with Crippen LogP contribution in [0.3, 0.4) is 0 Å². The second-order valence-corrected chi connectivity index (χ2v) is 6.24. The molecule has 0 amide bonds. The van der Waals surface area contributed by atoms with E-state index < -0.39 is 5.97 Å². The second-order valence-electron chi connectivity index (χ2n) is 6.24. The van der Waals surface area contributed by atoms with E-state index >= 15 is 0 Å². The Kier molecular flexibility index (Phi) is 4.80. The average molecular weight is 352 g/mol. The van der Waals surface area contributed by atoms with Gasteiger partial charge < -0.3 is 13.9 Å². The first-order valence-electron chi connectivity index (χ1n) is 8.25. The zero-order valence-electron chi connectivity index (χ0n) is 15.2. The van der Waals surface area contributed by atoms with E-state index in [4.69, 9.17) is 13.9 Å². The number of esters is 1. The molecular weight excluding hydrogens is 332 g/mol. The highest BCUT2D eigenvalue weighted by Gasteiger charge is 2.21. The van der Waals surface area contributed by atoms with E-state index in [9.17, 15) is 9.59 Å². The molecule has 2 aromatic carbocycles. The van der Waals surface area contributed by atoms with Crippen molar-refractivity contribution in [2.75, 3.05) is 13.7 Å². The van der Waals surface area contributed by atoms with Crippen molar-refractivity contribution < 1.29 is 23.5 Å². The van der Waals surface area contributed by atoms with E-state index in [0.29, 0.717) is 22.5 Å². The van der Waals surface area contributed by atoms with Gasteiger partial charge in [-0.25, -0.2) is 4.79 Å². The normalized spacial score (nSPS) is 10.8. The maximum absolute atomic E-state index is 12.4. The summed E-state index contributed by atoms with van der Waals surface area (Å²) in [5.41, 5.74) is 3.70. The monoisotopic (exact) mass is 352 g/mol. The molecule has 26 heavy (non-hydrogen) atoms. The minimum atomic E-state index is -0.657. The highest BCUT2D eigenvalue weighted by Crippen LogP contribution is 2.29. The van der Waals surface area contributed by atoms with Crippen LogP contribution < -0.4 is 4.74 Å². The molecule has 1 aromatic heterocycles. The number of carbonyl (C=O) groups is 2.